The van der Waals surface area contributed by atoms with Crippen LogP contribution in [0.1, 0.15) is 72.6 Å². The summed E-state index contributed by atoms with van der Waals surface area (Å²) in [7, 11) is 0. The lowest BCUT2D eigenvalue weighted by molar-refractivity contribution is -0.141. The number of aliphatic hydroxyl groups excluding tert-OH is 2. The Morgan fingerprint density at radius 3 is 2.74 bits per heavy atom. The maximum absolute atomic E-state index is 11.9. The molecule has 0 radical (unpaired) electrons. The molecule has 0 spiro atoms. The van der Waals surface area contributed by atoms with Crippen LogP contribution in [0, 0.1) is 22.7 Å². The molecule has 4 atom stereocenters. The Kier molecular flexibility index (Phi) is 7.32. The van der Waals surface area contributed by atoms with Crippen molar-refractivity contribution in [3.05, 3.63) is 23.8 Å². The van der Waals surface area contributed by atoms with Crippen molar-refractivity contribution < 1.29 is 19.7 Å². The third kappa shape index (κ3) is 5.23. The van der Waals surface area contributed by atoms with Crippen molar-refractivity contribution in [2.75, 3.05) is 13.2 Å². The Bertz CT molecular complexity index is 577. The molecule has 0 aromatic carbocycles. The van der Waals surface area contributed by atoms with Crippen molar-refractivity contribution in [3.8, 4) is 0 Å². The number of allylic oxidation sites excluding steroid dienone is 2. The van der Waals surface area contributed by atoms with E-state index in [2.05, 4.69) is 27.4 Å². The van der Waals surface area contributed by atoms with Gasteiger partial charge in [0.1, 0.15) is 12.7 Å². The molecule has 0 aromatic rings. The zero-order valence-corrected chi connectivity index (χ0v) is 17.6. The van der Waals surface area contributed by atoms with Crippen LogP contribution in [0.25, 0.3) is 0 Å². The number of carbonyl (C=O) groups is 1. The fourth-order valence-corrected chi connectivity index (χ4v) is 5.73. The molecule has 0 amide bonds. The highest BCUT2D eigenvalue weighted by atomic mass is 16.5. The molecule has 0 aromatic heterocycles. The number of carbonyl (C=O) groups excluding carboxylic acids is 1. The van der Waals surface area contributed by atoms with E-state index in [9.17, 15) is 9.90 Å². The van der Waals surface area contributed by atoms with Crippen molar-refractivity contribution in [1.82, 2.24) is 0 Å². The molecule has 2 aliphatic rings. The van der Waals surface area contributed by atoms with Gasteiger partial charge in [-0.25, -0.2) is 4.79 Å². The van der Waals surface area contributed by atoms with Crippen LogP contribution in [0.3, 0.4) is 0 Å². The topological polar surface area (TPSA) is 66.8 Å². The Balaban J connectivity index is 1.99. The second-order valence-corrected chi connectivity index (χ2v) is 9.65. The average molecular weight is 379 g/mol. The minimum atomic E-state index is -1.01. The first-order valence-corrected chi connectivity index (χ1v) is 10.4. The maximum Gasteiger partial charge on any atom is 0.330 e. The van der Waals surface area contributed by atoms with Crippen LogP contribution in [-0.2, 0) is 9.53 Å². The van der Waals surface area contributed by atoms with E-state index >= 15 is 0 Å². The van der Waals surface area contributed by atoms with Gasteiger partial charge in [-0.05, 0) is 68.1 Å². The fourth-order valence-electron chi connectivity index (χ4n) is 5.73. The van der Waals surface area contributed by atoms with E-state index in [0.29, 0.717) is 16.7 Å². The highest BCUT2D eigenvalue weighted by molar-refractivity contribution is 5.82. The molecule has 154 valence electrons. The van der Waals surface area contributed by atoms with Gasteiger partial charge in [0.05, 0.1) is 6.61 Å². The number of hydrogen-bond acceptors (Lipinski definition) is 4. The second kappa shape index (κ2) is 8.91. The van der Waals surface area contributed by atoms with Crippen molar-refractivity contribution in [1.29, 1.82) is 0 Å². The first-order chi connectivity index (χ1) is 12.6. The molecule has 4 nitrogen and oxygen atoms in total. The summed E-state index contributed by atoms with van der Waals surface area (Å²) in [5.41, 5.74) is 3.08. The summed E-state index contributed by atoms with van der Waals surface area (Å²) in [6.45, 7) is 13.1. The number of aliphatic hydroxyl groups is 2. The second-order valence-electron chi connectivity index (χ2n) is 9.65. The molecule has 1 unspecified atom stereocenters. The summed E-state index contributed by atoms with van der Waals surface area (Å²) in [5, 5.41) is 18.0. The minimum absolute atomic E-state index is 0.173. The number of esters is 1. The van der Waals surface area contributed by atoms with Crippen molar-refractivity contribution in [3.63, 3.8) is 0 Å². The third-order valence-corrected chi connectivity index (χ3v) is 7.14. The van der Waals surface area contributed by atoms with Crippen LogP contribution < -0.4 is 0 Å². The zero-order valence-electron chi connectivity index (χ0n) is 17.6. The van der Waals surface area contributed by atoms with Crippen LogP contribution >= 0.6 is 0 Å². The molecular formula is C23H38O4. The Hall–Kier alpha value is -1.13. The van der Waals surface area contributed by atoms with E-state index < -0.39 is 18.7 Å². The average Bonchev–Trinajstić information content (AvgIpc) is 2.58. The molecule has 0 heterocycles. The van der Waals surface area contributed by atoms with Gasteiger partial charge < -0.3 is 14.9 Å². The first-order valence-electron chi connectivity index (χ1n) is 10.4. The van der Waals surface area contributed by atoms with E-state index in [1.165, 1.54) is 37.3 Å². The number of fused-ring (bicyclic) bond motifs is 1. The lowest BCUT2D eigenvalue weighted by Gasteiger charge is -2.58. The summed E-state index contributed by atoms with van der Waals surface area (Å²) < 4.78 is 4.97. The Morgan fingerprint density at radius 1 is 1.37 bits per heavy atom. The van der Waals surface area contributed by atoms with Gasteiger partial charge in [-0.15, -0.1) is 0 Å². The van der Waals surface area contributed by atoms with E-state index in [4.69, 9.17) is 9.84 Å². The predicted octanol–water partition coefficient (Wildman–Crippen LogP) is 4.41. The summed E-state index contributed by atoms with van der Waals surface area (Å²) in [5.74, 6) is 0.792. The predicted molar refractivity (Wildman–Crippen MR) is 108 cm³/mol. The standard InChI is InChI=1S/C23H38O4/c1-16(13-21(26)27-15-18(25)14-24)7-9-19-17(2)8-10-20-22(3,4)11-6-12-23(19,20)5/h13,18-20,24-25H,2,6-12,14-15H2,1,3-5H3/b16-13+/t18-,19+,20?,23-/m0/s1. The molecule has 0 aliphatic heterocycles. The third-order valence-electron chi connectivity index (χ3n) is 7.14. The quantitative estimate of drug-likeness (QED) is 0.391. The molecule has 2 N–H and O–H groups in total. The molecule has 2 fully saturated rings. The van der Waals surface area contributed by atoms with Gasteiger partial charge in [-0.2, -0.15) is 0 Å². The lowest BCUT2D eigenvalue weighted by Crippen LogP contribution is -2.49. The van der Waals surface area contributed by atoms with Gasteiger partial charge >= 0.3 is 5.97 Å². The largest absolute Gasteiger partial charge is 0.460 e. The molecule has 2 rings (SSSR count). The van der Waals surface area contributed by atoms with Crippen molar-refractivity contribution >= 4 is 5.97 Å². The number of rotatable bonds is 7. The van der Waals surface area contributed by atoms with E-state index in [1.807, 2.05) is 6.92 Å². The first kappa shape index (κ1) is 22.2. The van der Waals surface area contributed by atoms with Gasteiger partial charge in [0, 0.05) is 6.08 Å². The molecule has 4 heteroatoms. The minimum Gasteiger partial charge on any atom is -0.460 e. The monoisotopic (exact) mass is 378 g/mol. The highest BCUT2D eigenvalue weighted by Gasteiger charge is 2.52. The molecule has 0 saturated heterocycles. The maximum atomic E-state index is 11.9. The summed E-state index contributed by atoms with van der Waals surface area (Å²) >= 11 is 0. The Labute approximate surface area is 164 Å². The normalized spacial score (nSPS) is 31.9. The SMILES string of the molecule is C=C1CCC2C(C)(C)CCC[C@@]2(C)[C@@H]1CC/C(C)=C/C(=O)OC[C@@H](O)CO. The number of hydrogen-bond donors (Lipinski definition) is 2. The van der Waals surface area contributed by atoms with Crippen LogP contribution in [-0.4, -0.2) is 35.5 Å². The number of ether oxygens (including phenoxy) is 1. The van der Waals surface area contributed by atoms with Crippen LogP contribution in [0.2, 0.25) is 0 Å². The van der Waals surface area contributed by atoms with Crippen LogP contribution in [0.15, 0.2) is 23.8 Å². The smallest absolute Gasteiger partial charge is 0.330 e. The lowest BCUT2D eigenvalue weighted by atomic mass is 9.47. The van der Waals surface area contributed by atoms with Gasteiger partial charge in [0.2, 0.25) is 0 Å². The molecule has 2 aliphatic carbocycles. The van der Waals surface area contributed by atoms with Gasteiger partial charge in [0.15, 0.2) is 0 Å². The van der Waals surface area contributed by atoms with Gasteiger partial charge in [-0.1, -0.05) is 44.9 Å². The molecule has 27 heavy (non-hydrogen) atoms. The van der Waals surface area contributed by atoms with Gasteiger partial charge in [-0.3, -0.25) is 0 Å². The Morgan fingerprint density at radius 2 is 2.07 bits per heavy atom. The zero-order chi connectivity index (χ0) is 20.2. The fraction of sp³-hybridized carbons (Fsp3) is 0.783. The highest BCUT2D eigenvalue weighted by Crippen LogP contribution is 2.61. The van der Waals surface area contributed by atoms with Crippen LogP contribution in [0.4, 0.5) is 0 Å². The van der Waals surface area contributed by atoms with E-state index in [1.54, 1.807) is 0 Å². The van der Waals surface area contributed by atoms with Crippen LogP contribution in [0.5, 0.6) is 0 Å². The van der Waals surface area contributed by atoms with Crippen molar-refractivity contribution in [2.24, 2.45) is 22.7 Å². The van der Waals surface area contributed by atoms with E-state index in [0.717, 1.165) is 30.8 Å². The molecular weight excluding hydrogens is 340 g/mol. The summed E-state index contributed by atoms with van der Waals surface area (Å²) in [4.78, 5) is 11.9. The molecule has 2 saturated carbocycles. The van der Waals surface area contributed by atoms with E-state index in [-0.39, 0.29) is 6.61 Å². The van der Waals surface area contributed by atoms with Gasteiger partial charge in [0.25, 0.3) is 0 Å². The molecule has 0 bridgehead atoms. The van der Waals surface area contributed by atoms with Crippen molar-refractivity contribution in [2.45, 2.75) is 78.7 Å². The summed E-state index contributed by atoms with van der Waals surface area (Å²) in [6, 6.07) is 0. The summed E-state index contributed by atoms with van der Waals surface area (Å²) in [6.07, 6.45) is 8.63.